The van der Waals surface area contributed by atoms with Gasteiger partial charge in [0.05, 0.1) is 7.11 Å². The molecular formula is C18H24N6O2. The fourth-order valence-electron chi connectivity index (χ4n) is 2.91. The molecule has 0 unspecified atom stereocenters. The molecule has 1 aliphatic rings. The highest BCUT2D eigenvalue weighted by Gasteiger charge is 2.24. The van der Waals surface area contributed by atoms with Gasteiger partial charge < -0.3 is 19.9 Å². The van der Waals surface area contributed by atoms with Crippen molar-refractivity contribution in [3.8, 4) is 5.88 Å². The summed E-state index contributed by atoms with van der Waals surface area (Å²) in [5.74, 6) is 1.97. The van der Waals surface area contributed by atoms with Gasteiger partial charge in [0, 0.05) is 62.3 Å². The Morgan fingerprint density at radius 1 is 1.23 bits per heavy atom. The lowest BCUT2D eigenvalue weighted by Gasteiger charge is -2.35. The summed E-state index contributed by atoms with van der Waals surface area (Å²) in [6.45, 7) is 7.45. The predicted molar refractivity (Wildman–Crippen MR) is 99.8 cm³/mol. The fraction of sp³-hybridized carbons (Fsp3) is 0.444. The zero-order valence-electron chi connectivity index (χ0n) is 15.4. The second kappa shape index (κ2) is 7.99. The lowest BCUT2D eigenvalue weighted by molar-refractivity contribution is 0.0745. The largest absolute Gasteiger partial charge is 0.481 e. The smallest absolute Gasteiger partial charge is 0.254 e. The highest BCUT2D eigenvalue weighted by Crippen LogP contribution is 2.17. The number of ether oxygens (including phenoxy) is 1. The van der Waals surface area contributed by atoms with E-state index in [-0.39, 0.29) is 5.91 Å². The second-order valence-corrected chi connectivity index (χ2v) is 6.09. The molecule has 0 aliphatic carbocycles. The standard InChI is InChI=1S/C18H24N6O2/c1-4-19-15-11-13(2)21-18(22-15)24-9-7-23(8-10-24)17(25)14-5-6-20-16(12-14)26-3/h5-6,11-12H,4,7-10H2,1-3H3,(H,19,21,22). The molecule has 8 nitrogen and oxygen atoms in total. The summed E-state index contributed by atoms with van der Waals surface area (Å²) in [5.41, 5.74) is 1.51. The normalized spacial score (nSPS) is 14.3. The minimum absolute atomic E-state index is 0.0103. The Morgan fingerprint density at radius 3 is 2.69 bits per heavy atom. The van der Waals surface area contributed by atoms with Gasteiger partial charge in [0.25, 0.3) is 5.91 Å². The number of aryl methyl sites for hydroxylation is 1. The van der Waals surface area contributed by atoms with Gasteiger partial charge >= 0.3 is 0 Å². The number of carbonyl (C=O) groups is 1. The van der Waals surface area contributed by atoms with Gasteiger partial charge in [-0.1, -0.05) is 0 Å². The van der Waals surface area contributed by atoms with Gasteiger partial charge in [-0.25, -0.2) is 9.97 Å². The molecule has 3 heterocycles. The van der Waals surface area contributed by atoms with E-state index in [0.717, 1.165) is 18.1 Å². The van der Waals surface area contributed by atoms with E-state index in [1.165, 1.54) is 0 Å². The summed E-state index contributed by atoms with van der Waals surface area (Å²) in [6, 6.07) is 5.31. The van der Waals surface area contributed by atoms with Crippen molar-refractivity contribution in [3.05, 3.63) is 35.7 Å². The Labute approximate surface area is 153 Å². The van der Waals surface area contributed by atoms with Crippen LogP contribution in [0.1, 0.15) is 23.0 Å². The first kappa shape index (κ1) is 17.9. The second-order valence-electron chi connectivity index (χ2n) is 6.09. The van der Waals surface area contributed by atoms with Crippen molar-refractivity contribution in [2.75, 3.05) is 50.1 Å². The highest BCUT2D eigenvalue weighted by molar-refractivity contribution is 5.94. The molecule has 0 spiro atoms. The molecular weight excluding hydrogens is 332 g/mol. The molecule has 3 rings (SSSR count). The maximum Gasteiger partial charge on any atom is 0.254 e. The van der Waals surface area contributed by atoms with E-state index in [0.29, 0.717) is 43.6 Å². The molecule has 26 heavy (non-hydrogen) atoms. The number of pyridine rings is 1. The van der Waals surface area contributed by atoms with E-state index in [1.807, 2.05) is 24.8 Å². The monoisotopic (exact) mass is 356 g/mol. The molecule has 2 aromatic rings. The maximum absolute atomic E-state index is 12.7. The van der Waals surface area contributed by atoms with Crippen molar-refractivity contribution < 1.29 is 9.53 Å². The van der Waals surface area contributed by atoms with E-state index in [1.54, 1.807) is 25.4 Å². The first-order chi connectivity index (χ1) is 12.6. The van der Waals surface area contributed by atoms with Crippen LogP contribution in [0.15, 0.2) is 24.4 Å². The maximum atomic E-state index is 12.7. The van der Waals surface area contributed by atoms with Crippen molar-refractivity contribution >= 4 is 17.7 Å². The molecule has 1 N–H and O–H groups in total. The van der Waals surface area contributed by atoms with Crippen LogP contribution < -0.4 is 15.0 Å². The molecule has 0 saturated carbocycles. The Bertz CT molecular complexity index is 774. The minimum Gasteiger partial charge on any atom is -0.481 e. The average molecular weight is 356 g/mol. The van der Waals surface area contributed by atoms with Gasteiger partial charge in [0.1, 0.15) is 5.82 Å². The topological polar surface area (TPSA) is 83.5 Å². The zero-order chi connectivity index (χ0) is 18.5. The third kappa shape index (κ3) is 4.01. The number of nitrogens with one attached hydrogen (secondary N) is 1. The van der Waals surface area contributed by atoms with E-state index in [2.05, 4.69) is 25.2 Å². The molecule has 0 aromatic carbocycles. The Balaban J connectivity index is 1.66. The first-order valence-electron chi connectivity index (χ1n) is 8.74. The van der Waals surface area contributed by atoms with Gasteiger partial charge in [0.15, 0.2) is 0 Å². The minimum atomic E-state index is -0.0103. The summed E-state index contributed by atoms with van der Waals surface area (Å²) in [7, 11) is 1.54. The first-order valence-corrected chi connectivity index (χ1v) is 8.74. The van der Waals surface area contributed by atoms with Crippen LogP contribution in [0.4, 0.5) is 11.8 Å². The number of hydrogen-bond donors (Lipinski definition) is 1. The van der Waals surface area contributed by atoms with Crippen LogP contribution in [0, 0.1) is 6.92 Å². The van der Waals surface area contributed by atoms with Crippen LogP contribution >= 0.6 is 0 Å². The van der Waals surface area contributed by atoms with Crippen LogP contribution in [0.25, 0.3) is 0 Å². The predicted octanol–water partition coefficient (Wildman–Crippen LogP) is 1.58. The van der Waals surface area contributed by atoms with E-state index < -0.39 is 0 Å². The van der Waals surface area contributed by atoms with E-state index in [9.17, 15) is 4.79 Å². The summed E-state index contributed by atoms with van der Waals surface area (Å²) < 4.78 is 5.10. The van der Waals surface area contributed by atoms with Crippen molar-refractivity contribution in [2.24, 2.45) is 0 Å². The molecule has 0 radical (unpaired) electrons. The summed E-state index contributed by atoms with van der Waals surface area (Å²) in [5, 5.41) is 3.23. The third-order valence-corrected chi connectivity index (χ3v) is 4.24. The Hall–Kier alpha value is -2.90. The van der Waals surface area contributed by atoms with Crippen LogP contribution in [-0.2, 0) is 0 Å². The molecule has 8 heteroatoms. The van der Waals surface area contributed by atoms with Gasteiger partial charge in [-0.05, 0) is 19.9 Å². The fourth-order valence-corrected chi connectivity index (χ4v) is 2.91. The molecule has 0 bridgehead atoms. The Kier molecular flexibility index (Phi) is 5.50. The molecule has 2 aromatic heterocycles. The molecule has 138 valence electrons. The van der Waals surface area contributed by atoms with Crippen molar-refractivity contribution in [1.29, 1.82) is 0 Å². The lowest BCUT2D eigenvalue weighted by atomic mass is 10.2. The quantitative estimate of drug-likeness (QED) is 0.871. The van der Waals surface area contributed by atoms with Gasteiger partial charge in [0.2, 0.25) is 11.8 Å². The number of methoxy groups -OCH3 is 1. The van der Waals surface area contributed by atoms with Gasteiger partial charge in [-0.3, -0.25) is 4.79 Å². The van der Waals surface area contributed by atoms with E-state index in [4.69, 9.17) is 4.74 Å². The van der Waals surface area contributed by atoms with Crippen molar-refractivity contribution in [1.82, 2.24) is 19.9 Å². The van der Waals surface area contributed by atoms with Crippen LogP contribution in [0.2, 0.25) is 0 Å². The number of amides is 1. The van der Waals surface area contributed by atoms with Crippen molar-refractivity contribution in [3.63, 3.8) is 0 Å². The molecule has 1 saturated heterocycles. The SMILES string of the molecule is CCNc1cc(C)nc(N2CCN(C(=O)c3ccnc(OC)c3)CC2)n1. The number of anilines is 2. The number of carbonyl (C=O) groups excluding carboxylic acids is 1. The molecule has 1 amide bonds. The summed E-state index contributed by atoms with van der Waals surface area (Å²) in [6.07, 6.45) is 1.59. The third-order valence-electron chi connectivity index (χ3n) is 4.24. The average Bonchev–Trinajstić information content (AvgIpc) is 2.67. The highest BCUT2D eigenvalue weighted by atomic mass is 16.5. The number of aromatic nitrogens is 3. The molecule has 0 atom stereocenters. The lowest BCUT2D eigenvalue weighted by Crippen LogP contribution is -2.49. The van der Waals surface area contributed by atoms with Gasteiger partial charge in [-0.2, -0.15) is 4.98 Å². The summed E-state index contributed by atoms with van der Waals surface area (Å²) in [4.78, 5) is 29.8. The van der Waals surface area contributed by atoms with Crippen molar-refractivity contribution in [2.45, 2.75) is 13.8 Å². The van der Waals surface area contributed by atoms with Crippen LogP contribution in [0.5, 0.6) is 5.88 Å². The van der Waals surface area contributed by atoms with E-state index >= 15 is 0 Å². The molecule has 1 fully saturated rings. The Morgan fingerprint density at radius 2 is 2.00 bits per heavy atom. The number of rotatable bonds is 5. The number of hydrogen-bond acceptors (Lipinski definition) is 7. The summed E-state index contributed by atoms with van der Waals surface area (Å²) >= 11 is 0. The van der Waals surface area contributed by atoms with Crippen LogP contribution in [0.3, 0.4) is 0 Å². The zero-order valence-corrected chi connectivity index (χ0v) is 15.4. The van der Waals surface area contributed by atoms with Gasteiger partial charge in [-0.15, -0.1) is 0 Å². The molecule has 1 aliphatic heterocycles. The van der Waals surface area contributed by atoms with Crippen LogP contribution in [-0.4, -0.2) is 65.6 Å². The number of nitrogens with zero attached hydrogens (tertiary/aromatic N) is 5. The number of piperazine rings is 1.